The number of rotatable bonds is 5. The fraction of sp³-hybridized carbons (Fsp3) is 0.364. The molecule has 2 rings (SSSR count). The molecule has 1 N–H and O–H groups in total. The molecule has 2 aromatic rings. The molecule has 102 valence electrons. The fourth-order valence-electron chi connectivity index (χ4n) is 1.51. The highest BCUT2D eigenvalue weighted by Crippen LogP contribution is 2.22. The molecule has 19 heavy (non-hydrogen) atoms. The van der Waals surface area contributed by atoms with Crippen LogP contribution in [0.3, 0.4) is 0 Å². The van der Waals surface area contributed by atoms with E-state index in [4.69, 9.17) is 16.7 Å². The number of nitrogens with zero attached hydrogens (tertiary/aromatic N) is 4. The third-order valence-electron chi connectivity index (χ3n) is 2.49. The second-order valence-corrected chi connectivity index (χ2v) is 5.82. The third-order valence-corrected chi connectivity index (χ3v) is 3.71. The lowest BCUT2D eigenvalue weighted by molar-refractivity contribution is -0.131. The summed E-state index contributed by atoms with van der Waals surface area (Å²) in [5.41, 5.74) is 0.445. The summed E-state index contributed by atoms with van der Waals surface area (Å²) in [5, 5.41) is 16.3. The minimum absolute atomic E-state index is 0.0843. The second-order valence-electron chi connectivity index (χ2n) is 4.02. The van der Waals surface area contributed by atoms with E-state index in [0.717, 1.165) is 4.88 Å². The van der Waals surface area contributed by atoms with Crippen molar-refractivity contribution in [3.05, 3.63) is 33.2 Å². The van der Waals surface area contributed by atoms with Gasteiger partial charge in [0.2, 0.25) is 5.91 Å². The Bertz CT molecular complexity index is 569. The summed E-state index contributed by atoms with van der Waals surface area (Å²) in [7, 11) is 1.72. The van der Waals surface area contributed by atoms with Crippen LogP contribution in [0, 0.1) is 0 Å². The summed E-state index contributed by atoms with van der Waals surface area (Å²) in [6.45, 7) is 0.429. The van der Waals surface area contributed by atoms with E-state index in [9.17, 15) is 4.79 Å². The van der Waals surface area contributed by atoms with Crippen molar-refractivity contribution in [2.24, 2.45) is 0 Å². The van der Waals surface area contributed by atoms with E-state index in [0.29, 0.717) is 16.6 Å². The van der Waals surface area contributed by atoms with Gasteiger partial charge < -0.3 is 10.0 Å². The molecule has 0 spiro atoms. The van der Waals surface area contributed by atoms with Crippen molar-refractivity contribution >= 4 is 28.8 Å². The summed E-state index contributed by atoms with van der Waals surface area (Å²) < 4.78 is 2.12. The third kappa shape index (κ3) is 3.76. The Hall–Kier alpha value is -1.44. The normalized spacial score (nSPS) is 10.7. The number of halogens is 1. The highest BCUT2D eigenvalue weighted by molar-refractivity contribution is 7.16. The van der Waals surface area contributed by atoms with Gasteiger partial charge in [0.15, 0.2) is 0 Å². The summed E-state index contributed by atoms with van der Waals surface area (Å²) in [6, 6.07) is 3.71. The number of carbonyl (C=O) groups excluding carboxylic acids is 1. The minimum Gasteiger partial charge on any atom is -0.390 e. The van der Waals surface area contributed by atoms with Crippen LogP contribution in [0.5, 0.6) is 0 Å². The van der Waals surface area contributed by atoms with Crippen LogP contribution in [0.1, 0.15) is 10.6 Å². The first-order chi connectivity index (χ1) is 9.08. The van der Waals surface area contributed by atoms with E-state index in [1.807, 2.05) is 12.1 Å². The van der Waals surface area contributed by atoms with Crippen LogP contribution < -0.4 is 0 Å². The van der Waals surface area contributed by atoms with Crippen LogP contribution >= 0.6 is 22.9 Å². The Morgan fingerprint density at radius 1 is 1.58 bits per heavy atom. The summed E-state index contributed by atoms with van der Waals surface area (Å²) >= 11 is 7.29. The topological polar surface area (TPSA) is 71.2 Å². The van der Waals surface area contributed by atoms with Gasteiger partial charge >= 0.3 is 0 Å². The van der Waals surface area contributed by atoms with E-state index >= 15 is 0 Å². The average Bonchev–Trinajstić information content (AvgIpc) is 2.98. The van der Waals surface area contributed by atoms with Gasteiger partial charge in [-0.3, -0.25) is 4.79 Å². The largest absolute Gasteiger partial charge is 0.390 e. The Morgan fingerprint density at radius 3 is 2.95 bits per heavy atom. The molecule has 2 heterocycles. The molecule has 0 unspecified atom stereocenters. The quantitative estimate of drug-likeness (QED) is 0.899. The van der Waals surface area contributed by atoms with Gasteiger partial charge in [-0.15, -0.1) is 16.4 Å². The summed E-state index contributed by atoms with van der Waals surface area (Å²) in [5.74, 6) is -0.0843. The number of hydrogen-bond acceptors (Lipinski definition) is 5. The molecule has 0 bridgehead atoms. The Kier molecular flexibility index (Phi) is 4.52. The predicted octanol–water partition coefficient (Wildman–Crippen LogP) is 1.14. The van der Waals surface area contributed by atoms with E-state index in [-0.39, 0.29) is 19.1 Å². The van der Waals surface area contributed by atoms with Gasteiger partial charge in [0.1, 0.15) is 12.2 Å². The molecule has 0 saturated heterocycles. The molecule has 0 aromatic carbocycles. The molecule has 0 saturated carbocycles. The van der Waals surface area contributed by atoms with E-state index in [1.54, 1.807) is 18.1 Å². The molecule has 0 aliphatic heterocycles. The average molecular weight is 301 g/mol. The summed E-state index contributed by atoms with van der Waals surface area (Å²) in [6.07, 6.45) is 1.55. The standard InChI is InChI=1S/C11H13ClN4O2S/c1-15(5-9-2-3-10(12)19-9)11(18)6-16-4-8(7-17)13-14-16/h2-4,17H,5-7H2,1H3. The Morgan fingerprint density at radius 2 is 2.37 bits per heavy atom. The first-order valence-corrected chi connectivity index (χ1v) is 6.76. The van der Waals surface area contributed by atoms with Gasteiger partial charge in [-0.05, 0) is 12.1 Å². The van der Waals surface area contributed by atoms with E-state index in [1.165, 1.54) is 16.0 Å². The second kappa shape index (κ2) is 6.14. The number of carbonyl (C=O) groups is 1. The number of thiophene rings is 1. The maximum atomic E-state index is 12.0. The molecule has 0 aliphatic rings. The first-order valence-electron chi connectivity index (χ1n) is 5.56. The molecule has 8 heteroatoms. The lowest BCUT2D eigenvalue weighted by Gasteiger charge is -2.15. The zero-order valence-electron chi connectivity index (χ0n) is 10.3. The van der Waals surface area contributed by atoms with Crippen LogP contribution in [0.4, 0.5) is 0 Å². The number of aliphatic hydroxyl groups excluding tert-OH is 1. The van der Waals surface area contributed by atoms with Crippen LogP contribution in [0.15, 0.2) is 18.3 Å². The van der Waals surface area contributed by atoms with Gasteiger partial charge in [-0.1, -0.05) is 16.8 Å². The smallest absolute Gasteiger partial charge is 0.244 e. The number of hydrogen-bond donors (Lipinski definition) is 1. The summed E-state index contributed by atoms with van der Waals surface area (Å²) in [4.78, 5) is 14.6. The SMILES string of the molecule is CN(Cc1ccc(Cl)s1)C(=O)Cn1cc(CO)nn1. The van der Waals surface area contributed by atoms with Gasteiger partial charge in [0, 0.05) is 11.9 Å². The predicted molar refractivity (Wildman–Crippen MR) is 71.7 cm³/mol. The number of aliphatic hydroxyl groups is 1. The molecule has 0 atom stereocenters. The molecule has 0 aliphatic carbocycles. The van der Waals surface area contributed by atoms with Crippen molar-refractivity contribution in [2.45, 2.75) is 19.7 Å². The maximum Gasteiger partial charge on any atom is 0.244 e. The highest BCUT2D eigenvalue weighted by Gasteiger charge is 2.12. The van der Waals surface area contributed by atoms with Crippen LogP contribution in [0.25, 0.3) is 0 Å². The lowest BCUT2D eigenvalue weighted by Crippen LogP contribution is -2.29. The van der Waals surface area contributed by atoms with Gasteiger partial charge in [0.05, 0.1) is 23.7 Å². The van der Waals surface area contributed by atoms with Gasteiger partial charge in [-0.25, -0.2) is 4.68 Å². The molecule has 0 radical (unpaired) electrons. The highest BCUT2D eigenvalue weighted by atomic mass is 35.5. The van der Waals surface area contributed by atoms with Crippen molar-refractivity contribution in [1.29, 1.82) is 0 Å². The molecule has 1 amide bonds. The number of aromatic nitrogens is 3. The number of likely N-dealkylation sites (N-methyl/N-ethyl adjacent to an activating group) is 1. The zero-order valence-corrected chi connectivity index (χ0v) is 11.9. The molecule has 0 fully saturated rings. The monoisotopic (exact) mass is 300 g/mol. The molecule has 2 aromatic heterocycles. The zero-order chi connectivity index (χ0) is 13.8. The lowest BCUT2D eigenvalue weighted by atomic mass is 10.4. The van der Waals surface area contributed by atoms with Crippen molar-refractivity contribution in [3.63, 3.8) is 0 Å². The van der Waals surface area contributed by atoms with Gasteiger partial charge in [0.25, 0.3) is 0 Å². The Labute approximate surface area is 119 Å². The Balaban J connectivity index is 1.91. The minimum atomic E-state index is -0.183. The molecular weight excluding hydrogens is 288 g/mol. The molecular formula is C11H13ClN4O2S. The van der Waals surface area contributed by atoms with Crippen LogP contribution in [-0.4, -0.2) is 38.0 Å². The van der Waals surface area contributed by atoms with Gasteiger partial charge in [-0.2, -0.15) is 0 Å². The fourth-order valence-corrected chi connectivity index (χ4v) is 2.65. The van der Waals surface area contributed by atoms with E-state index in [2.05, 4.69) is 10.3 Å². The van der Waals surface area contributed by atoms with Crippen molar-refractivity contribution in [2.75, 3.05) is 7.05 Å². The first kappa shape index (κ1) is 14.0. The van der Waals surface area contributed by atoms with Crippen LogP contribution in [-0.2, 0) is 24.5 Å². The van der Waals surface area contributed by atoms with Crippen molar-refractivity contribution in [3.8, 4) is 0 Å². The number of amides is 1. The molecule has 6 nitrogen and oxygen atoms in total. The van der Waals surface area contributed by atoms with Crippen molar-refractivity contribution in [1.82, 2.24) is 19.9 Å². The van der Waals surface area contributed by atoms with Crippen molar-refractivity contribution < 1.29 is 9.90 Å². The maximum absolute atomic E-state index is 12.0. The van der Waals surface area contributed by atoms with E-state index < -0.39 is 0 Å². The van der Waals surface area contributed by atoms with Crippen LogP contribution in [0.2, 0.25) is 4.34 Å².